The maximum Gasteiger partial charge on any atom is 0.434 e. The second kappa shape index (κ2) is 3.88. The average molecular weight is 219 g/mol. The maximum absolute atomic E-state index is 12.5. The van der Waals surface area contributed by atoms with E-state index in [2.05, 4.69) is 9.72 Å². The molecule has 0 N–H and O–H groups in total. The highest BCUT2D eigenvalue weighted by atomic mass is 19.4. The molecular weight excluding hydrogens is 211 g/mol. The molecule has 1 heterocycles. The molecule has 3 nitrogen and oxygen atoms in total. The normalized spacial score (nSPS) is 11.3. The largest absolute Gasteiger partial charge is 0.465 e. The van der Waals surface area contributed by atoms with Gasteiger partial charge in [-0.2, -0.15) is 13.2 Å². The van der Waals surface area contributed by atoms with E-state index in [1.165, 1.54) is 13.0 Å². The Morgan fingerprint density at radius 3 is 2.53 bits per heavy atom. The second-order valence-corrected chi connectivity index (χ2v) is 2.84. The van der Waals surface area contributed by atoms with Gasteiger partial charge in [0, 0.05) is 6.20 Å². The van der Waals surface area contributed by atoms with Gasteiger partial charge in [0.2, 0.25) is 0 Å². The van der Waals surface area contributed by atoms with Gasteiger partial charge >= 0.3 is 12.1 Å². The van der Waals surface area contributed by atoms with Gasteiger partial charge in [-0.1, -0.05) is 0 Å². The number of hydrogen-bond acceptors (Lipinski definition) is 3. The smallest absolute Gasteiger partial charge is 0.434 e. The van der Waals surface area contributed by atoms with Gasteiger partial charge in [-0.25, -0.2) is 4.79 Å². The molecule has 82 valence electrons. The highest BCUT2D eigenvalue weighted by Gasteiger charge is 2.38. The Balaban J connectivity index is 3.40. The fourth-order valence-corrected chi connectivity index (χ4v) is 1.13. The van der Waals surface area contributed by atoms with E-state index in [1.54, 1.807) is 0 Å². The molecule has 0 spiro atoms. The average Bonchev–Trinajstić information content (AvgIpc) is 2.15. The summed E-state index contributed by atoms with van der Waals surface area (Å²) in [4.78, 5) is 14.3. The van der Waals surface area contributed by atoms with Crippen LogP contribution in [0.15, 0.2) is 12.3 Å². The van der Waals surface area contributed by atoms with Crippen molar-refractivity contribution in [1.29, 1.82) is 0 Å². The third-order valence-corrected chi connectivity index (χ3v) is 1.82. The molecule has 0 unspecified atom stereocenters. The van der Waals surface area contributed by atoms with Gasteiger partial charge in [-0.05, 0) is 18.6 Å². The van der Waals surface area contributed by atoms with Crippen LogP contribution in [0.2, 0.25) is 0 Å². The van der Waals surface area contributed by atoms with Crippen LogP contribution in [0.1, 0.15) is 21.6 Å². The lowest BCUT2D eigenvalue weighted by Crippen LogP contribution is -2.17. The number of methoxy groups -OCH3 is 1. The van der Waals surface area contributed by atoms with Crippen molar-refractivity contribution in [3.05, 3.63) is 29.1 Å². The number of aromatic nitrogens is 1. The van der Waals surface area contributed by atoms with Crippen molar-refractivity contribution < 1.29 is 22.7 Å². The Bertz CT molecular complexity index is 387. The fraction of sp³-hybridized carbons (Fsp3) is 0.333. The molecule has 0 bridgehead atoms. The van der Waals surface area contributed by atoms with Gasteiger partial charge in [0.1, 0.15) is 0 Å². The molecule has 0 aromatic carbocycles. The van der Waals surface area contributed by atoms with Crippen LogP contribution in [0.5, 0.6) is 0 Å². The van der Waals surface area contributed by atoms with E-state index in [0.29, 0.717) is 0 Å². The Hall–Kier alpha value is -1.59. The Morgan fingerprint density at radius 1 is 1.47 bits per heavy atom. The number of pyridine rings is 1. The van der Waals surface area contributed by atoms with Gasteiger partial charge in [0.25, 0.3) is 0 Å². The van der Waals surface area contributed by atoms with Crippen molar-refractivity contribution in [3.8, 4) is 0 Å². The van der Waals surface area contributed by atoms with E-state index >= 15 is 0 Å². The lowest BCUT2D eigenvalue weighted by atomic mass is 10.1. The van der Waals surface area contributed by atoms with Crippen LogP contribution in [-0.2, 0) is 10.9 Å². The zero-order valence-electron chi connectivity index (χ0n) is 8.05. The van der Waals surface area contributed by atoms with E-state index in [9.17, 15) is 18.0 Å². The number of nitrogens with zero attached hydrogens (tertiary/aromatic N) is 1. The van der Waals surface area contributed by atoms with Crippen LogP contribution >= 0.6 is 0 Å². The summed E-state index contributed by atoms with van der Waals surface area (Å²) < 4.78 is 41.6. The van der Waals surface area contributed by atoms with Crippen LogP contribution < -0.4 is 0 Å². The number of alkyl halides is 3. The minimum Gasteiger partial charge on any atom is -0.465 e. The summed E-state index contributed by atoms with van der Waals surface area (Å²) in [5, 5.41) is 0. The number of rotatable bonds is 1. The SMILES string of the molecule is COC(=O)c1c(C)ccnc1C(F)(F)F. The molecule has 0 atom stereocenters. The summed E-state index contributed by atoms with van der Waals surface area (Å²) in [6.07, 6.45) is -3.65. The molecule has 0 saturated heterocycles. The molecule has 1 aromatic rings. The minimum absolute atomic E-state index is 0.184. The van der Waals surface area contributed by atoms with Gasteiger partial charge in [-0.15, -0.1) is 0 Å². The van der Waals surface area contributed by atoms with E-state index < -0.39 is 23.4 Å². The minimum atomic E-state index is -4.66. The van der Waals surface area contributed by atoms with Gasteiger partial charge < -0.3 is 4.74 Å². The molecule has 0 aliphatic rings. The first-order valence-corrected chi connectivity index (χ1v) is 3.99. The Kier molecular flexibility index (Phi) is 2.97. The second-order valence-electron chi connectivity index (χ2n) is 2.84. The standard InChI is InChI=1S/C9H8F3NO2/c1-5-3-4-13-7(9(10,11)12)6(5)8(14)15-2/h3-4H,1-2H3. The molecule has 15 heavy (non-hydrogen) atoms. The van der Waals surface area contributed by atoms with Crippen LogP contribution in [0.4, 0.5) is 13.2 Å². The topological polar surface area (TPSA) is 39.2 Å². The number of ether oxygens (including phenoxy) is 1. The first-order chi connectivity index (χ1) is 6.88. The molecule has 0 amide bonds. The number of hydrogen-bond donors (Lipinski definition) is 0. The van der Waals surface area contributed by atoms with Crippen molar-refractivity contribution in [3.63, 3.8) is 0 Å². The van der Waals surface area contributed by atoms with E-state index in [0.717, 1.165) is 13.3 Å². The first kappa shape index (κ1) is 11.5. The molecule has 1 aromatic heterocycles. The predicted octanol–water partition coefficient (Wildman–Crippen LogP) is 2.20. The van der Waals surface area contributed by atoms with Crippen molar-refractivity contribution in [2.24, 2.45) is 0 Å². The first-order valence-electron chi connectivity index (χ1n) is 3.99. The van der Waals surface area contributed by atoms with E-state index in [1.807, 2.05) is 0 Å². The summed E-state index contributed by atoms with van der Waals surface area (Å²) in [7, 11) is 1.02. The number of aryl methyl sites for hydroxylation is 1. The molecule has 0 fully saturated rings. The molecule has 0 saturated carbocycles. The molecule has 0 aliphatic heterocycles. The Morgan fingerprint density at radius 2 is 2.07 bits per heavy atom. The monoisotopic (exact) mass is 219 g/mol. The molecule has 0 aliphatic carbocycles. The third kappa shape index (κ3) is 2.26. The summed E-state index contributed by atoms with van der Waals surface area (Å²) in [5.41, 5.74) is -1.56. The lowest BCUT2D eigenvalue weighted by molar-refractivity contribution is -0.141. The highest BCUT2D eigenvalue weighted by Crippen LogP contribution is 2.31. The maximum atomic E-state index is 12.5. The van der Waals surface area contributed by atoms with Crippen LogP contribution in [0.3, 0.4) is 0 Å². The number of carbonyl (C=O) groups excluding carboxylic acids is 1. The van der Waals surface area contributed by atoms with Crippen molar-refractivity contribution in [2.45, 2.75) is 13.1 Å². The van der Waals surface area contributed by atoms with Gasteiger partial charge in [0.05, 0.1) is 12.7 Å². The van der Waals surface area contributed by atoms with Crippen LogP contribution in [0.25, 0.3) is 0 Å². The summed E-state index contributed by atoms with van der Waals surface area (Å²) in [5.74, 6) is -1.03. The summed E-state index contributed by atoms with van der Waals surface area (Å²) in [6.45, 7) is 1.39. The molecular formula is C9H8F3NO2. The zero-order valence-corrected chi connectivity index (χ0v) is 8.05. The molecule has 0 radical (unpaired) electrons. The summed E-state index contributed by atoms with van der Waals surface area (Å²) in [6, 6.07) is 1.32. The molecule has 6 heteroatoms. The van der Waals surface area contributed by atoms with Gasteiger partial charge in [0.15, 0.2) is 5.69 Å². The van der Waals surface area contributed by atoms with Crippen molar-refractivity contribution >= 4 is 5.97 Å². The quantitative estimate of drug-likeness (QED) is 0.679. The predicted molar refractivity (Wildman–Crippen MR) is 45.3 cm³/mol. The van der Waals surface area contributed by atoms with Crippen LogP contribution in [-0.4, -0.2) is 18.1 Å². The number of carbonyl (C=O) groups is 1. The van der Waals surface area contributed by atoms with E-state index in [4.69, 9.17) is 0 Å². The number of esters is 1. The zero-order chi connectivity index (χ0) is 11.6. The Labute approximate surface area is 83.9 Å². The number of halogens is 3. The van der Waals surface area contributed by atoms with Crippen LogP contribution in [0, 0.1) is 6.92 Å². The lowest BCUT2D eigenvalue weighted by Gasteiger charge is -2.11. The van der Waals surface area contributed by atoms with Crippen molar-refractivity contribution in [1.82, 2.24) is 4.98 Å². The fourth-order valence-electron chi connectivity index (χ4n) is 1.13. The molecule has 1 rings (SSSR count). The third-order valence-electron chi connectivity index (χ3n) is 1.82. The highest BCUT2D eigenvalue weighted by molar-refractivity contribution is 5.92. The van der Waals surface area contributed by atoms with E-state index in [-0.39, 0.29) is 5.56 Å². The summed E-state index contributed by atoms with van der Waals surface area (Å²) >= 11 is 0. The van der Waals surface area contributed by atoms with Gasteiger partial charge in [-0.3, -0.25) is 4.98 Å². The van der Waals surface area contributed by atoms with Crippen molar-refractivity contribution in [2.75, 3.05) is 7.11 Å².